The fourth-order valence-corrected chi connectivity index (χ4v) is 4.58. The zero-order valence-corrected chi connectivity index (χ0v) is 19.7. The molecule has 2 aromatic carbocycles. The standard InChI is InChI=1S/C27H30N4O2/c1-19-8-10-22(11-9-19)23-7-5-6-21(14-23)15-27(26(33)30(3)4)12-13-31(18-27)25(32)24-17-28-20(2)16-29-24/h5-11,14,16-17H,12-13,15,18H2,1-4H3. The summed E-state index contributed by atoms with van der Waals surface area (Å²) in [5, 5.41) is 0. The first kappa shape index (κ1) is 22.6. The average molecular weight is 443 g/mol. The number of hydrogen-bond donors (Lipinski definition) is 0. The van der Waals surface area contributed by atoms with Crippen molar-refractivity contribution in [2.45, 2.75) is 26.7 Å². The van der Waals surface area contributed by atoms with Crippen LogP contribution in [-0.2, 0) is 11.2 Å². The SMILES string of the molecule is Cc1ccc(-c2cccc(CC3(C(=O)N(C)C)CCN(C(=O)c4cnc(C)cn4)C3)c2)cc1. The molecular weight excluding hydrogens is 412 g/mol. The third kappa shape index (κ3) is 4.80. The third-order valence-electron chi connectivity index (χ3n) is 6.36. The fourth-order valence-electron chi connectivity index (χ4n) is 4.58. The zero-order valence-electron chi connectivity index (χ0n) is 19.7. The Morgan fingerprint density at radius 1 is 1.00 bits per heavy atom. The second kappa shape index (κ2) is 9.14. The predicted octanol–water partition coefficient (Wildman–Crippen LogP) is 3.92. The van der Waals surface area contributed by atoms with Gasteiger partial charge in [-0.25, -0.2) is 4.98 Å². The fraction of sp³-hybridized carbons (Fsp3) is 0.333. The van der Waals surface area contributed by atoms with Gasteiger partial charge in [0.05, 0.1) is 17.3 Å². The molecule has 1 aromatic heterocycles. The topological polar surface area (TPSA) is 66.4 Å². The lowest BCUT2D eigenvalue weighted by molar-refractivity contribution is -0.138. The van der Waals surface area contributed by atoms with Gasteiger partial charge in [0, 0.05) is 33.4 Å². The average Bonchev–Trinajstić information content (AvgIpc) is 3.24. The molecule has 0 saturated carbocycles. The summed E-state index contributed by atoms with van der Waals surface area (Å²) in [5.74, 6) is -0.127. The molecule has 0 aliphatic carbocycles. The van der Waals surface area contributed by atoms with Gasteiger partial charge in [-0.1, -0.05) is 54.1 Å². The summed E-state index contributed by atoms with van der Waals surface area (Å²) in [6, 6.07) is 16.8. The van der Waals surface area contributed by atoms with Gasteiger partial charge >= 0.3 is 0 Å². The van der Waals surface area contributed by atoms with Gasteiger partial charge in [0.25, 0.3) is 5.91 Å². The van der Waals surface area contributed by atoms with Gasteiger partial charge in [0.15, 0.2) is 0 Å². The summed E-state index contributed by atoms with van der Waals surface area (Å²) >= 11 is 0. The normalized spacial score (nSPS) is 17.8. The van der Waals surface area contributed by atoms with Gasteiger partial charge in [0.1, 0.15) is 5.69 Å². The van der Waals surface area contributed by atoms with E-state index >= 15 is 0 Å². The molecule has 170 valence electrons. The van der Waals surface area contributed by atoms with Crippen LogP contribution in [0.1, 0.15) is 33.7 Å². The second-order valence-corrected chi connectivity index (χ2v) is 9.24. The van der Waals surface area contributed by atoms with Gasteiger partial charge in [-0.3, -0.25) is 14.6 Å². The van der Waals surface area contributed by atoms with Gasteiger partial charge in [-0.05, 0) is 43.4 Å². The molecule has 1 atom stereocenters. The van der Waals surface area contributed by atoms with Gasteiger partial charge in [-0.2, -0.15) is 0 Å². The molecule has 0 radical (unpaired) electrons. The lowest BCUT2D eigenvalue weighted by atomic mass is 9.79. The van der Waals surface area contributed by atoms with Crippen molar-refractivity contribution in [3.63, 3.8) is 0 Å². The third-order valence-corrected chi connectivity index (χ3v) is 6.36. The van der Waals surface area contributed by atoms with E-state index in [1.54, 1.807) is 30.1 Å². The number of aryl methyl sites for hydroxylation is 2. The molecule has 0 bridgehead atoms. The largest absolute Gasteiger partial charge is 0.348 e. The smallest absolute Gasteiger partial charge is 0.274 e. The van der Waals surface area contributed by atoms with Crippen LogP contribution in [0.25, 0.3) is 11.1 Å². The highest BCUT2D eigenvalue weighted by Crippen LogP contribution is 2.37. The number of carbonyl (C=O) groups is 2. The first-order valence-electron chi connectivity index (χ1n) is 11.2. The molecule has 1 unspecified atom stereocenters. The molecule has 6 heteroatoms. The lowest BCUT2D eigenvalue weighted by Gasteiger charge is -2.31. The van der Waals surface area contributed by atoms with Gasteiger partial charge < -0.3 is 9.80 Å². The second-order valence-electron chi connectivity index (χ2n) is 9.24. The van der Waals surface area contributed by atoms with Gasteiger partial charge in [-0.15, -0.1) is 0 Å². The van der Waals surface area contributed by atoms with E-state index in [0.29, 0.717) is 31.6 Å². The zero-order chi connectivity index (χ0) is 23.6. The van der Waals surface area contributed by atoms with Crippen LogP contribution < -0.4 is 0 Å². The molecule has 0 N–H and O–H groups in total. The molecule has 1 aliphatic rings. The Labute approximate surface area is 195 Å². The molecule has 33 heavy (non-hydrogen) atoms. The van der Waals surface area contributed by atoms with E-state index in [2.05, 4.69) is 59.4 Å². The number of hydrogen-bond acceptors (Lipinski definition) is 4. The first-order valence-corrected chi connectivity index (χ1v) is 11.2. The van der Waals surface area contributed by atoms with E-state index < -0.39 is 5.41 Å². The summed E-state index contributed by atoms with van der Waals surface area (Å²) in [7, 11) is 3.56. The van der Waals surface area contributed by atoms with Crippen molar-refractivity contribution in [3.8, 4) is 11.1 Å². The van der Waals surface area contributed by atoms with E-state index in [4.69, 9.17) is 0 Å². The number of benzene rings is 2. The summed E-state index contributed by atoms with van der Waals surface area (Å²) < 4.78 is 0. The number of nitrogens with zero attached hydrogens (tertiary/aromatic N) is 4. The van der Waals surface area contributed by atoms with Crippen molar-refractivity contribution in [1.82, 2.24) is 19.8 Å². The minimum absolute atomic E-state index is 0.0496. The van der Waals surface area contributed by atoms with Crippen molar-refractivity contribution in [1.29, 1.82) is 0 Å². The Bertz CT molecular complexity index is 1160. The van der Waals surface area contributed by atoms with Gasteiger partial charge in [0.2, 0.25) is 5.91 Å². The van der Waals surface area contributed by atoms with Crippen molar-refractivity contribution in [3.05, 3.63) is 83.4 Å². The Hall–Kier alpha value is -3.54. The molecule has 1 fully saturated rings. The minimum Gasteiger partial charge on any atom is -0.348 e. The summed E-state index contributed by atoms with van der Waals surface area (Å²) in [4.78, 5) is 38.2. The molecule has 2 heterocycles. The molecule has 3 aromatic rings. The molecule has 6 nitrogen and oxygen atoms in total. The van der Waals surface area contributed by atoms with Crippen LogP contribution in [0.5, 0.6) is 0 Å². The van der Waals surface area contributed by atoms with Crippen molar-refractivity contribution >= 4 is 11.8 Å². The molecule has 0 spiro atoms. The minimum atomic E-state index is -0.664. The Morgan fingerprint density at radius 2 is 1.76 bits per heavy atom. The van der Waals surface area contributed by atoms with Crippen LogP contribution in [0.15, 0.2) is 60.9 Å². The van der Waals surface area contributed by atoms with Crippen LogP contribution in [0.3, 0.4) is 0 Å². The number of likely N-dealkylation sites (tertiary alicyclic amines) is 1. The number of amides is 2. The van der Waals surface area contributed by atoms with E-state index in [1.807, 2.05) is 13.0 Å². The van der Waals surface area contributed by atoms with E-state index in [-0.39, 0.29) is 11.8 Å². The molecule has 4 rings (SSSR count). The van der Waals surface area contributed by atoms with E-state index in [9.17, 15) is 9.59 Å². The summed E-state index contributed by atoms with van der Waals surface area (Å²) in [6.45, 7) is 4.80. The summed E-state index contributed by atoms with van der Waals surface area (Å²) in [6.07, 6.45) is 4.30. The highest BCUT2D eigenvalue weighted by molar-refractivity contribution is 5.93. The number of carbonyl (C=O) groups excluding carboxylic acids is 2. The van der Waals surface area contributed by atoms with Crippen LogP contribution >= 0.6 is 0 Å². The molecular formula is C27H30N4O2. The molecule has 2 amide bonds. The van der Waals surface area contributed by atoms with Crippen LogP contribution in [0.2, 0.25) is 0 Å². The molecule has 1 saturated heterocycles. The maximum atomic E-state index is 13.4. The quantitative estimate of drug-likeness (QED) is 0.601. The van der Waals surface area contributed by atoms with Crippen LogP contribution in [-0.4, -0.2) is 58.8 Å². The lowest BCUT2D eigenvalue weighted by Crippen LogP contribution is -2.44. The highest BCUT2D eigenvalue weighted by Gasteiger charge is 2.47. The Balaban J connectivity index is 1.60. The Kier molecular flexibility index (Phi) is 6.27. The predicted molar refractivity (Wildman–Crippen MR) is 129 cm³/mol. The molecule has 1 aliphatic heterocycles. The van der Waals surface area contributed by atoms with E-state index in [1.165, 1.54) is 11.8 Å². The number of aromatic nitrogens is 2. The van der Waals surface area contributed by atoms with Crippen molar-refractivity contribution in [2.24, 2.45) is 5.41 Å². The van der Waals surface area contributed by atoms with Crippen LogP contribution in [0.4, 0.5) is 0 Å². The van der Waals surface area contributed by atoms with Crippen molar-refractivity contribution < 1.29 is 9.59 Å². The highest BCUT2D eigenvalue weighted by atomic mass is 16.2. The summed E-state index contributed by atoms with van der Waals surface area (Å²) in [5.41, 5.74) is 5.00. The first-order chi connectivity index (χ1) is 15.8. The monoisotopic (exact) mass is 442 g/mol. The maximum absolute atomic E-state index is 13.4. The number of rotatable bonds is 5. The van der Waals surface area contributed by atoms with E-state index in [0.717, 1.165) is 22.4 Å². The maximum Gasteiger partial charge on any atom is 0.274 e. The van der Waals surface area contributed by atoms with Crippen molar-refractivity contribution in [2.75, 3.05) is 27.2 Å². The van der Waals surface area contributed by atoms with Crippen LogP contribution in [0, 0.1) is 19.3 Å². The Morgan fingerprint density at radius 3 is 2.42 bits per heavy atom.